The van der Waals surface area contributed by atoms with Crippen molar-refractivity contribution in [2.75, 3.05) is 7.11 Å². The fourth-order valence-corrected chi connectivity index (χ4v) is 2.12. The largest absolute Gasteiger partial charge is 0.497 e. The van der Waals surface area contributed by atoms with Crippen molar-refractivity contribution in [2.45, 2.75) is 6.61 Å². The van der Waals surface area contributed by atoms with Gasteiger partial charge in [0.2, 0.25) is 0 Å². The van der Waals surface area contributed by atoms with Gasteiger partial charge in [-0.2, -0.15) is 0 Å². The quantitative estimate of drug-likeness (QED) is 0.636. The molecule has 0 atom stereocenters. The molecule has 0 aliphatic rings. The molecule has 0 spiro atoms. The van der Waals surface area contributed by atoms with Gasteiger partial charge in [0.05, 0.1) is 7.11 Å². The van der Waals surface area contributed by atoms with E-state index in [2.05, 4.69) is 0 Å². The molecule has 3 nitrogen and oxygen atoms in total. The third kappa shape index (κ3) is 4.27. The van der Waals surface area contributed by atoms with E-state index in [4.69, 9.17) is 14.2 Å². The molecule has 0 unspecified atom stereocenters. The van der Waals surface area contributed by atoms with Gasteiger partial charge < -0.3 is 14.2 Å². The van der Waals surface area contributed by atoms with Crippen molar-refractivity contribution in [1.29, 1.82) is 0 Å². The topological polar surface area (TPSA) is 27.7 Å². The van der Waals surface area contributed by atoms with E-state index in [-0.39, 0.29) is 0 Å². The Morgan fingerprint density at radius 3 is 1.83 bits per heavy atom. The van der Waals surface area contributed by atoms with Crippen molar-refractivity contribution in [3.8, 4) is 23.0 Å². The Hall–Kier alpha value is -2.94. The smallest absolute Gasteiger partial charge is 0.127 e. The van der Waals surface area contributed by atoms with Crippen molar-refractivity contribution in [3.63, 3.8) is 0 Å². The minimum atomic E-state index is 0.517. The first-order chi connectivity index (χ1) is 11.3. The summed E-state index contributed by atoms with van der Waals surface area (Å²) in [6.07, 6.45) is 0. The van der Waals surface area contributed by atoms with E-state index in [1.54, 1.807) is 7.11 Å². The molecule has 0 saturated carbocycles. The van der Waals surface area contributed by atoms with E-state index in [1.807, 2.05) is 78.9 Å². The fourth-order valence-electron chi connectivity index (χ4n) is 2.12. The zero-order valence-corrected chi connectivity index (χ0v) is 12.9. The Kier molecular flexibility index (Phi) is 4.79. The molecule has 0 saturated heterocycles. The molecule has 3 aromatic carbocycles. The standard InChI is InChI=1S/C20H18O3/c1-21-17-9-7-16(8-10-17)15-22-18-11-13-20(14-12-18)23-19-5-3-2-4-6-19/h2-14H,15H2,1H3. The lowest BCUT2D eigenvalue weighted by Crippen LogP contribution is -1.95. The summed E-state index contributed by atoms with van der Waals surface area (Å²) in [6, 6.07) is 25.1. The number of ether oxygens (including phenoxy) is 3. The fraction of sp³-hybridized carbons (Fsp3) is 0.100. The van der Waals surface area contributed by atoms with E-state index in [0.29, 0.717) is 6.61 Å². The molecule has 0 bridgehead atoms. The van der Waals surface area contributed by atoms with Crippen LogP contribution in [0.2, 0.25) is 0 Å². The van der Waals surface area contributed by atoms with Crippen molar-refractivity contribution in [2.24, 2.45) is 0 Å². The molecule has 0 aliphatic heterocycles. The van der Waals surface area contributed by atoms with Gasteiger partial charge in [0.15, 0.2) is 0 Å². The van der Waals surface area contributed by atoms with Gasteiger partial charge in [-0.1, -0.05) is 30.3 Å². The molecule has 3 rings (SSSR count). The SMILES string of the molecule is COc1ccc(COc2ccc(Oc3ccccc3)cc2)cc1. The average molecular weight is 306 g/mol. The van der Waals surface area contributed by atoms with E-state index >= 15 is 0 Å². The Bertz CT molecular complexity index is 719. The minimum Gasteiger partial charge on any atom is -0.497 e. The van der Waals surface area contributed by atoms with Crippen LogP contribution in [0.3, 0.4) is 0 Å². The van der Waals surface area contributed by atoms with Crippen molar-refractivity contribution >= 4 is 0 Å². The maximum Gasteiger partial charge on any atom is 0.127 e. The van der Waals surface area contributed by atoms with E-state index in [0.717, 1.165) is 28.6 Å². The van der Waals surface area contributed by atoms with Crippen LogP contribution in [0, 0.1) is 0 Å². The van der Waals surface area contributed by atoms with Crippen LogP contribution in [0.15, 0.2) is 78.9 Å². The number of methoxy groups -OCH3 is 1. The highest BCUT2D eigenvalue weighted by Gasteiger charge is 2.00. The monoisotopic (exact) mass is 306 g/mol. The van der Waals surface area contributed by atoms with Gasteiger partial charge in [-0.25, -0.2) is 0 Å². The second-order valence-electron chi connectivity index (χ2n) is 5.02. The summed E-state index contributed by atoms with van der Waals surface area (Å²) in [5.74, 6) is 3.25. The predicted molar refractivity (Wildman–Crippen MR) is 90.3 cm³/mol. The first-order valence-corrected chi connectivity index (χ1v) is 7.42. The molecular formula is C20H18O3. The Balaban J connectivity index is 1.56. The Labute approximate surface area is 136 Å². The maximum atomic E-state index is 5.77. The van der Waals surface area contributed by atoms with E-state index < -0.39 is 0 Å². The number of rotatable bonds is 6. The summed E-state index contributed by atoms with van der Waals surface area (Å²) in [7, 11) is 1.66. The predicted octanol–water partition coefficient (Wildman–Crippen LogP) is 5.07. The summed E-state index contributed by atoms with van der Waals surface area (Å²) in [5, 5.41) is 0. The van der Waals surface area contributed by atoms with Crippen LogP contribution >= 0.6 is 0 Å². The number of hydrogen-bond acceptors (Lipinski definition) is 3. The second kappa shape index (κ2) is 7.36. The van der Waals surface area contributed by atoms with Gasteiger partial charge in [0.25, 0.3) is 0 Å². The first-order valence-electron chi connectivity index (χ1n) is 7.42. The molecule has 0 amide bonds. The van der Waals surface area contributed by atoms with Crippen LogP contribution in [-0.4, -0.2) is 7.11 Å². The van der Waals surface area contributed by atoms with Crippen LogP contribution in [-0.2, 0) is 6.61 Å². The third-order valence-corrected chi connectivity index (χ3v) is 3.37. The van der Waals surface area contributed by atoms with Gasteiger partial charge in [-0.05, 0) is 54.1 Å². The van der Waals surface area contributed by atoms with Crippen LogP contribution in [0.25, 0.3) is 0 Å². The lowest BCUT2D eigenvalue weighted by Gasteiger charge is -2.09. The van der Waals surface area contributed by atoms with Gasteiger partial charge in [0.1, 0.15) is 29.6 Å². The lowest BCUT2D eigenvalue weighted by molar-refractivity contribution is 0.305. The molecule has 3 heteroatoms. The highest BCUT2D eigenvalue weighted by atomic mass is 16.5. The van der Waals surface area contributed by atoms with Crippen LogP contribution in [0.4, 0.5) is 0 Å². The molecule has 23 heavy (non-hydrogen) atoms. The van der Waals surface area contributed by atoms with Crippen molar-refractivity contribution < 1.29 is 14.2 Å². The lowest BCUT2D eigenvalue weighted by atomic mass is 10.2. The van der Waals surface area contributed by atoms with Gasteiger partial charge in [-0.15, -0.1) is 0 Å². The highest BCUT2D eigenvalue weighted by Crippen LogP contribution is 2.24. The molecular weight excluding hydrogens is 288 g/mol. The molecule has 0 heterocycles. The molecule has 116 valence electrons. The minimum absolute atomic E-state index is 0.517. The molecule has 0 aromatic heterocycles. The van der Waals surface area contributed by atoms with Crippen LogP contribution < -0.4 is 14.2 Å². The summed E-state index contributed by atoms with van der Waals surface area (Å²) < 4.78 is 16.7. The van der Waals surface area contributed by atoms with Gasteiger partial charge in [-0.3, -0.25) is 0 Å². The zero-order valence-electron chi connectivity index (χ0n) is 12.9. The van der Waals surface area contributed by atoms with Crippen molar-refractivity contribution in [3.05, 3.63) is 84.4 Å². The van der Waals surface area contributed by atoms with Crippen LogP contribution in [0.5, 0.6) is 23.0 Å². The maximum absolute atomic E-state index is 5.77. The summed E-state index contributed by atoms with van der Waals surface area (Å²) in [4.78, 5) is 0. The summed E-state index contributed by atoms with van der Waals surface area (Å²) in [5.41, 5.74) is 1.09. The van der Waals surface area contributed by atoms with Crippen molar-refractivity contribution in [1.82, 2.24) is 0 Å². The number of benzene rings is 3. The average Bonchev–Trinajstić information content (AvgIpc) is 2.62. The number of para-hydroxylation sites is 1. The molecule has 3 aromatic rings. The van der Waals surface area contributed by atoms with Crippen LogP contribution in [0.1, 0.15) is 5.56 Å². The molecule has 0 radical (unpaired) electrons. The summed E-state index contributed by atoms with van der Waals surface area (Å²) >= 11 is 0. The highest BCUT2D eigenvalue weighted by molar-refractivity contribution is 5.35. The third-order valence-electron chi connectivity index (χ3n) is 3.37. The molecule has 0 fully saturated rings. The summed E-state index contributed by atoms with van der Waals surface area (Å²) in [6.45, 7) is 0.517. The zero-order chi connectivity index (χ0) is 15.9. The molecule has 0 N–H and O–H groups in total. The van der Waals surface area contributed by atoms with Gasteiger partial charge >= 0.3 is 0 Å². The van der Waals surface area contributed by atoms with E-state index in [1.165, 1.54) is 0 Å². The first kappa shape index (κ1) is 15.0. The van der Waals surface area contributed by atoms with E-state index in [9.17, 15) is 0 Å². The normalized spacial score (nSPS) is 10.1. The Morgan fingerprint density at radius 1 is 0.609 bits per heavy atom. The van der Waals surface area contributed by atoms with Gasteiger partial charge in [0, 0.05) is 0 Å². The second-order valence-corrected chi connectivity index (χ2v) is 5.02. The molecule has 0 aliphatic carbocycles. The number of hydrogen-bond donors (Lipinski definition) is 0. The Morgan fingerprint density at radius 2 is 1.17 bits per heavy atom.